The fourth-order valence-electron chi connectivity index (χ4n) is 0.496. The monoisotopic (exact) mass is 163 g/mol. The first-order chi connectivity index (χ1) is 4.89. The van der Waals surface area contributed by atoms with E-state index in [-0.39, 0.29) is 0 Å². The standard InChI is InChI=1S/C4H9NS.2C2H6/c1-4-2-6-3-5-4;2*1-2/h4-5H,2-3H2,1H3;2*1-2H3. The molecule has 0 aromatic heterocycles. The van der Waals surface area contributed by atoms with E-state index in [2.05, 4.69) is 12.2 Å². The van der Waals surface area contributed by atoms with E-state index in [4.69, 9.17) is 0 Å². The van der Waals surface area contributed by atoms with Gasteiger partial charge in [0.15, 0.2) is 0 Å². The number of rotatable bonds is 0. The molecule has 64 valence electrons. The van der Waals surface area contributed by atoms with E-state index in [1.165, 1.54) is 5.75 Å². The van der Waals surface area contributed by atoms with Gasteiger partial charge in [-0.2, -0.15) is 0 Å². The molecule has 0 aromatic rings. The van der Waals surface area contributed by atoms with Crippen LogP contribution in [-0.2, 0) is 0 Å². The SMILES string of the molecule is CC.CC.CC1CSCN1. The van der Waals surface area contributed by atoms with Crippen LogP contribution in [0.3, 0.4) is 0 Å². The third-order valence-electron chi connectivity index (χ3n) is 0.902. The van der Waals surface area contributed by atoms with Gasteiger partial charge in [0.2, 0.25) is 0 Å². The van der Waals surface area contributed by atoms with E-state index in [1.54, 1.807) is 0 Å². The smallest absolute Gasteiger partial charge is 0.0420 e. The normalized spacial score (nSPS) is 21.9. The van der Waals surface area contributed by atoms with Crippen molar-refractivity contribution < 1.29 is 0 Å². The Labute approximate surface area is 70.0 Å². The van der Waals surface area contributed by atoms with Gasteiger partial charge < -0.3 is 5.32 Å². The quantitative estimate of drug-likeness (QED) is 0.589. The summed E-state index contributed by atoms with van der Waals surface area (Å²) >= 11 is 1.97. The van der Waals surface area contributed by atoms with Gasteiger partial charge in [-0.3, -0.25) is 0 Å². The lowest BCUT2D eigenvalue weighted by Crippen LogP contribution is -2.18. The highest BCUT2D eigenvalue weighted by atomic mass is 32.2. The summed E-state index contributed by atoms with van der Waals surface area (Å²) in [6.07, 6.45) is 0. The molecule has 1 heterocycles. The number of nitrogens with one attached hydrogen (secondary N) is 1. The maximum absolute atomic E-state index is 3.28. The summed E-state index contributed by atoms with van der Waals surface area (Å²) < 4.78 is 0. The average Bonchev–Trinajstić information content (AvgIpc) is 2.48. The first-order valence-electron chi connectivity index (χ1n) is 4.21. The van der Waals surface area contributed by atoms with Crippen LogP contribution in [0.25, 0.3) is 0 Å². The third kappa shape index (κ3) is 8.31. The van der Waals surface area contributed by atoms with Crippen molar-refractivity contribution in [2.24, 2.45) is 0 Å². The summed E-state index contributed by atoms with van der Waals surface area (Å²) in [5.74, 6) is 2.45. The number of hydrogen-bond acceptors (Lipinski definition) is 2. The topological polar surface area (TPSA) is 12.0 Å². The van der Waals surface area contributed by atoms with Crippen LogP contribution in [0, 0.1) is 0 Å². The summed E-state index contributed by atoms with van der Waals surface area (Å²) in [5, 5.41) is 3.28. The molecule has 0 aliphatic carbocycles. The molecule has 1 saturated heterocycles. The molecule has 0 amide bonds. The van der Waals surface area contributed by atoms with Crippen LogP contribution in [0.5, 0.6) is 0 Å². The average molecular weight is 163 g/mol. The molecule has 1 nitrogen and oxygen atoms in total. The van der Waals surface area contributed by atoms with Gasteiger partial charge in [-0.15, -0.1) is 11.8 Å². The lowest BCUT2D eigenvalue weighted by atomic mass is 10.4. The minimum Gasteiger partial charge on any atom is -0.305 e. The second-order valence-corrected chi connectivity index (χ2v) is 2.65. The maximum atomic E-state index is 3.28. The van der Waals surface area contributed by atoms with Gasteiger partial charge in [-0.05, 0) is 6.92 Å². The van der Waals surface area contributed by atoms with Crippen LogP contribution in [0.1, 0.15) is 34.6 Å². The molecule has 1 unspecified atom stereocenters. The van der Waals surface area contributed by atoms with Crippen LogP contribution >= 0.6 is 11.8 Å². The van der Waals surface area contributed by atoms with Gasteiger partial charge in [0, 0.05) is 17.7 Å². The Bertz CT molecular complexity index is 42.5. The minimum atomic E-state index is 0.759. The molecular weight excluding hydrogens is 142 g/mol. The molecule has 1 aliphatic heterocycles. The van der Waals surface area contributed by atoms with Gasteiger partial charge in [0.05, 0.1) is 0 Å². The molecule has 10 heavy (non-hydrogen) atoms. The molecule has 0 bridgehead atoms. The molecule has 1 fully saturated rings. The predicted molar refractivity (Wildman–Crippen MR) is 52.6 cm³/mol. The van der Waals surface area contributed by atoms with Crippen LogP contribution in [0.2, 0.25) is 0 Å². The Morgan fingerprint density at radius 3 is 1.80 bits per heavy atom. The Hall–Kier alpha value is 0.310. The van der Waals surface area contributed by atoms with Crippen molar-refractivity contribution in [1.82, 2.24) is 5.32 Å². The van der Waals surface area contributed by atoms with Crippen molar-refractivity contribution in [2.75, 3.05) is 11.6 Å². The maximum Gasteiger partial charge on any atom is 0.0420 e. The van der Waals surface area contributed by atoms with E-state index >= 15 is 0 Å². The molecule has 2 heteroatoms. The van der Waals surface area contributed by atoms with Gasteiger partial charge >= 0.3 is 0 Å². The third-order valence-corrected chi connectivity index (χ3v) is 2.01. The van der Waals surface area contributed by atoms with Crippen molar-refractivity contribution in [3.05, 3.63) is 0 Å². The Morgan fingerprint density at radius 2 is 1.70 bits per heavy atom. The van der Waals surface area contributed by atoms with E-state index in [9.17, 15) is 0 Å². The zero-order chi connectivity index (χ0) is 8.41. The summed E-state index contributed by atoms with van der Waals surface area (Å²) in [4.78, 5) is 0. The fourth-order valence-corrected chi connectivity index (χ4v) is 1.49. The van der Waals surface area contributed by atoms with Crippen LogP contribution in [0.15, 0.2) is 0 Å². The zero-order valence-corrected chi connectivity index (χ0v) is 8.72. The number of thioether (sulfide) groups is 1. The minimum absolute atomic E-state index is 0.759. The van der Waals surface area contributed by atoms with Crippen molar-refractivity contribution in [2.45, 2.75) is 40.7 Å². The molecule has 0 spiro atoms. The second-order valence-electron chi connectivity index (χ2n) is 1.62. The summed E-state index contributed by atoms with van der Waals surface area (Å²) in [5.41, 5.74) is 0. The number of hydrogen-bond donors (Lipinski definition) is 1. The molecule has 1 aliphatic rings. The fraction of sp³-hybridized carbons (Fsp3) is 1.00. The lowest BCUT2D eigenvalue weighted by Gasteiger charge is -1.93. The molecule has 1 atom stereocenters. The first-order valence-corrected chi connectivity index (χ1v) is 5.36. The highest BCUT2D eigenvalue weighted by Gasteiger charge is 2.05. The van der Waals surface area contributed by atoms with Crippen molar-refractivity contribution in [3.8, 4) is 0 Å². The molecule has 1 N–H and O–H groups in total. The Morgan fingerprint density at radius 1 is 1.20 bits per heavy atom. The van der Waals surface area contributed by atoms with Crippen molar-refractivity contribution in [1.29, 1.82) is 0 Å². The van der Waals surface area contributed by atoms with Gasteiger partial charge in [0.1, 0.15) is 0 Å². The van der Waals surface area contributed by atoms with Crippen molar-refractivity contribution in [3.63, 3.8) is 0 Å². The predicted octanol–water partition coefficient (Wildman–Crippen LogP) is 2.72. The van der Waals surface area contributed by atoms with Gasteiger partial charge in [-0.25, -0.2) is 0 Å². The first kappa shape index (κ1) is 12.9. The second kappa shape index (κ2) is 12.0. The lowest BCUT2D eigenvalue weighted by molar-refractivity contribution is 0.692. The molecular formula is C8H21NS. The van der Waals surface area contributed by atoms with Crippen LogP contribution in [-0.4, -0.2) is 17.7 Å². The van der Waals surface area contributed by atoms with E-state index in [0.29, 0.717) is 0 Å². The summed E-state index contributed by atoms with van der Waals surface area (Å²) in [7, 11) is 0. The van der Waals surface area contributed by atoms with Crippen molar-refractivity contribution >= 4 is 11.8 Å². The van der Waals surface area contributed by atoms with E-state index < -0.39 is 0 Å². The molecule has 0 aromatic carbocycles. The Kier molecular flexibility index (Phi) is 15.6. The highest BCUT2D eigenvalue weighted by molar-refractivity contribution is 7.99. The summed E-state index contributed by atoms with van der Waals surface area (Å²) in [6.45, 7) is 10.2. The van der Waals surface area contributed by atoms with Crippen LogP contribution < -0.4 is 5.32 Å². The molecule has 0 radical (unpaired) electrons. The summed E-state index contributed by atoms with van der Waals surface area (Å²) in [6, 6.07) is 0.759. The molecule has 1 rings (SSSR count). The largest absolute Gasteiger partial charge is 0.305 e. The zero-order valence-electron chi connectivity index (χ0n) is 7.90. The van der Waals surface area contributed by atoms with E-state index in [0.717, 1.165) is 11.9 Å². The van der Waals surface area contributed by atoms with E-state index in [1.807, 2.05) is 39.5 Å². The highest BCUT2D eigenvalue weighted by Crippen LogP contribution is 2.07. The Balaban J connectivity index is 0. The molecule has 0 saturated carbocycles. The van der Waals surface area contributed by atoms with Gasteiger partial charge in [-0.1, -0.05) is 27.7 Å². The van der Waals surface area contributed by atoms with Crippen LogP contribution in [0.4, 0.5) is 0 Å². The van der Waals surface area contributed by atoms with Gasteiger partial charge in [0.25, 0.3) is 0 Å².